The van der Waals surface area contributed by atoms with Gasteiger partial charge in [-0.2, -0.15) is 0 Å². The van der Waals surface area contributed by atoms with Gasteiger partial charge in [-0.05, 0) is 49.3 Å². The maximum absolute atomic E-state index is 12.8. The van der Waals surface area contributed by atoms with Crippen LogP contribution in [0.25, 0.3) is 0 Å². The van der Waals surface area contributed by atoms with E-state index >= 15 is 0 Å². The summed E-state index contributed by atoms with van der Waals surface area (Å²) in [6.07, 6.45) is 6.63. The van der Waals surface area contributed by atoms with Gasteiger partial charge in [0.1, 0.15) is 5.82 Å². The van der Waals surface area contributed by atoms with Gasteiger partial charge in [0.15, 0.2) is 0 Å². The van der Waals surface area contributed by atoms with Crippen LogP contribution in [0.1, 0.15) is 43.7 Å². The van der Waals surface area contributed by atoms with Gasteiger partial charge in [0, 0.05) is 12.1 Å². The number of piperidine rings is 1. The Balaban J connectivity index is 1.74. The number of benzene rings is 1. The fourth-order valence-corrected chi connectivity index (χ4v) is 3.28. The second kappa shape index (κ2) is 4.17. The first-order chi connectivity index (χ1) is 7.83. The molecule has 1 aromatic carbocycles. The van der Waals surface area contributed by atoms with E-state index in [-0.39, 0.29) is 5.82 Å². The van der Waals surface area contributed by atoms with E-state index in [1.54, 1.807) is 12.1 Å². The Kier molecular flexibility index (Phi) is 2.68. The molecule has 0 bridgehead atoms. The molecule has 3 unspecified atom stereocenters. The van der Waals surface area contributed by atoms with Crippen LogP contribution in [0.15, 0.2) is 24.3 Å². The molecule has 86 valence electrons. The third-order valence-electron chi connectivity index (χ3n) is 4.17. The van der Waals surface area contributed by atoms with Crippen LogP contribution in [0.4, 0.5) is 4.39 Å². The van der Waals surface area contributed by atoms with Gasteiger partial charge in [-0.3, -0.25) is 0 Å². The van der Waals surface area contributed by atoms with Crippen LogP contribution in [0.5, 0.6) is 0 Å². The Morgan fingerprint density at radius 1 is 1.00 bits per heavy atom. The quantitative estimate of drug-likeness (QED) is 0.763. The van der Waals surface area contributed by atoms with Gasteiger partial charge in [0.25, 0.3) is 0 Å². The van der Waals surface area contributed by atoms with E-state index in [0.717, 1.165) is 5.92 Å². The first-order valence-corrected chi connectivity index (χ1v) is 6.34. The van der Waals surface area contributed by atoms with Crippen LogP contribution < -0.4 is 5.32 Å². The zero-order valence-electron chi connectivity index (χ0n) is 9.45. The molecule has 1 saturated carbocycles. The van der Waals surface area contributed by atoms with E-state index in [9.17, 15) is 4.39 Å². The molecule has 2 heteroatoms. The predicted molar refractivity (Wildman–Crippen MR) is 62.6 cm³/mol. The van der Waals surface area contributed by atoms with E-state index < -0.39 is 0 Å². The van der Waals surface area contributed by atoms with Gasteiger partial charge in [-0.15, -0.1) is 0 Å². The van der Waals surface area contributed by atoms with Crippen LogP contribution >= 0.6 is 0 Å². The molecule has 1 aliphatic carbocycles. The molecule has 0 spiro atoms. The van der Waals surface area contributed by atoms with Crippen molar-refractivity contribution in [2.75, 3.05) is 0 Å². The van der Waals surface area contributed by atoms with Crippen LogP contribution in [0.3, 0.4) is 0 Å². The molecule has 1 aliphatic heterocycles. The van der Waals surface area contributed by atoms with Crippen molar-refractivity contribution in [1.82, 2.24) is 5.32 Å². The summed E-state index contributed by atoms with van der Waals surface area (Å²) in [7, 11) is 0. The molecule has 2 fully saturated rings. The van der Waals surface area contributed by atoms with E-state index in [2.05, 4.69) is 5.32 Å². The maximum atomic E-state index is 12.8. The normalized spacial score (nSPS) is 33.7. The van der Waals surface area contributed by atoms with Crippen LogP contribution in [0, 0.1) is 11.7 Å². The molecule has 0 amide bonds. The second-order valence-electron chi connectivity index (χ2n) is 5.15. The maximum Gasteiger partial charge on any atom is 0.123 e. The topological polar surface area (TPSA) is 12.0 Å². The Bertz CT molecular complexity index is 360. The Morgan fingerprint density at radius 3 is 2.62 bits per heavy atom. The Labute approximate surface area is 96.1 Å². The second-order valence-corrected chi connectivity index (χ2v) is 5.15. The largest absolute Gasteiger partial charge is 0.307 e. The van der Waals surface area contributed by atoms with E-state index in [4.69, 9.17) is 0 Å². The minimum absolute atomic E-state index is 0.140. The van der Waals surface area contributed by atoms with Crippen LogP contribution in [-0.2, 0) is 0 Å². The highest BCUT2D eigenvalue weighted by Gasteiger charge is 2.33. The number of hydrogen-bond donors (Lipinski definition) is 1. The first kappa shape index (κ1) is 10.3. The molecular formula is C14H18FN. The third kappa shape index (κ3) is 1.86. The summed E-state index contributed by atoms with van der Waals surface area (Å²) in [6.45, 7) is 0. The monoisotopic (exact) mass is 219 g/mol. The Morgan fingerprint density at radius 2 is 1.81 bits per heavy atom. The summed E-state index contributed by atoms with van der Waals surface area (Å²) < 4.78 is 12.8. The molecule has 1 nitrogen and oxygen atoms in total. The molecule has 0 radical (unpaired) electrons. The number of fused-ring (bicyclic) bond motifs is 1. The molecule has 0 aromatic heterocycles. The average Bonchev–Trinajstić information content (AvgIpc) is 2.77. The lowest BCUT2D eigenvalue weighted by Crippen LogP contribution is -2.40. The molecule has 1 aromatic rings. The van der Waals surface area contributed by atoms with Gasteiger partial charge in [0.2, 0.25) is 0 Å². The van der Waals surface area contributed by atoms with Crippen molar-refractivity contribution < 1.29 is 4.39 Å². The number of rotatable bonds is 1. The highest BCUT2D eigenvalue weighted by molar-refractivity contribution is 5.21. The average molecular weight is 219 g/mol. The minimum atomic E-state index is -0.140. The van der Waals surface area contributed by atoms with Crippen LogP contribution in [0.2, 0.25) is 0 Å². The molecular weight excluding hydrogens is 201 g/mol. The summed E-state index contributed by atoms with van der Waals surface area (Å²) in [5.41, 5.74) is 1.24. The molecule has 16 heavy (non-hydrogen) atoms. The number of hydrogen-bond acceptors (Lipinski definition) is 1. The zero-order valence-corrected chi connectivity index (χ0v) is 9.45. The molecule has 3 rings (SSSR count). The molecule has 1 saturated heterocycles. The minimum Gasteiger partial charge on any atom is -0.307 e. The van der Waals surface area contributed by atoms with E-state index in [1.807, 2.05) is 12.1 Å². The van der Waals surface area contributed by atoms with E-state index in [0.29, 0.717) is 12.1 Å². The molecule has 2 aliphatic rings. The van der Waals surface area contributed by atoms with Crippen molar-refractivity contribution in [3.8, 4) is 0 Å². The van der Waals surface area contributed by atoms with Crippen molar-refractivity contribution in [3.63, 3.8) is 0 Å². The smallest absolute Gasteiger partial charge is 0.123 e. The van der Waals surface area contributed by atoms with Crippen molar-refractivity contribution in [1.29, 1.82) is 0 Å². The highest BCUT2D eigenvalue weighted by Crippen LogP contribution is 2.37. The predicted octanol–water partition coefficient (Wildman–Crippen LogP) is 3.42. The van der Waals surface area contributed by atoms with E-state index in [1.165, 1.54) is 37.7 Å². The van der Waals surface area contributed by atoms with Crippen molar-refractivity contribution in [2.24, 2.45) is 5.92 Å². The summed E-state index contributed by atoms with van der Waals surface area (Å²) in [5, 5.41) is 3.73. The van der Waals surface area contributed by atoms with Gasteiger partial charge >= 0.3 is 0 Å². The van der Waals surface area contributed by atoms with Crippen molar-refractivity contribution in [2.45, 2.75) is 44.2 Å². The lowest BCUT2D eigenvalue weighted by molar-refractivity contribution is 0.261. The lowest BCUT2D eigenvalue weighted by Gasteiger charge is -2.33. The fourth-order valence-electron chi connectivity index (χ4n) is 3.28. The van der Waals surface area contributed by atoms with Crippen molar-refractivity contribution in [3.05, 3.63) is 35.6 Å². The van der Waals surface area contributed by atoms with Gasteiger partial charge in [0.05, 0.1) is 0 Å². The summed E-state index contributed by atoms with van der Waals surface area (Å²) >= 11 is 0. The number of halogens is 1. The Hall–Kier alpha value is -0.890. The zero-order chi connectivity index (χ0) is 11.0. The third-order valence-corrected chi connectivity index (χ3v) is 4.17. The van der Waals surface area contributed by atoms with Gasteiger partial charge in [-0.25, -0.2) is 4.39 Å². The standard InChI is InChI=1S/C14H18FN/c15-12-7-4-11(5-8-12)14-9-6-10-2-1-3-13(10)16-14/h4-5,7-8,10,13-14,16H,1-3,6,9H2. The fraction of sp³-hybridized carbons (Fsp3) is 0.571. The molecule has 1 heterocycles. The lowest BCUT2D eigenvalue weighted by atomic mass is 9.87. The summed E-state index contributed by atoms with van der Waals surface area (Å²) in [4.78, 5) is 0. The van der Waals surface area contributed by atoms with Crippen LogP contribution in [-0.4, -0.2) is 6.04 Å². The SMILES string of the molecule is Fc1ccc(C2CCC3CCCC3N2)cc1. The van der Waals surface area contributed by atoms with Crippen molar-refractivity contribution >= 4 is 0 Å². The first-order valence-electron chi connectivity index (χ1n) is 6.34. The summed E-state index contributed by atoms with van der Waals surface area (Å²) in [5.74, 6) is 0.759. The molecule has 1 N–H and O–H groups in total. The number of nitrogens with one attached hydrogen (secondary N) is 1. The molecule has 3 atom stereocenters. The summed E-state index contributed by atoms with van der Waals surface area (Å²) in [6, 6.07) is 8.13. The van der Waals surface area contributed by atoms with Gasteiger partial charge < -0.3 is 5.32 Å². The highest BCUT2D eigenvalue weighted by atomic mass is 19.1. The van der Waals surface area contributed by atoms with Gasteiger partial charge in [-0.1, -0.05) is 18.6 Å².